The maximum absolute atomic E-state index is 13.2. The summed E-state index contributed by atoms with van der Waals surface area (Å²) in [6.45, 7) is 2.49. The van der Waals surface area contributed by atoms with Gasteiger partial charge in [0, 0.05) is 23.9 Å². The van der Waals surface area contributed by atoms with Crippen molar-refractivity contribution in [3.05, 3.63) is 29.3 Å². The van der Waals surface area contributed by atoms with Crippen molar-refractivity contribution >= 4 is 6.47 Å². The third-order valence-electron chi connectivity index (χ3n) is 1.97. The summed E-state index contributed by atoms with van der Waals surface area (Å²) in [5.41, 5.74) is 1.26. The lowest BCUT2D eigenvalue weighted by molar-refractivity contribution is -0.128. The third kappa shape index (κ3) is 2.52. The van der Waals surface area contributed by atoms with Gasteiger partial charge in [-0.1, -0.05) is 6.92 Å². The Hall–Kier alpha value is -1.45. The second kappa shape index (κ2) is 5.32. The van der Waals surface area contributed by atoms with Gasteiger partial charge in [-0.25, -0.2) is 4.39 Å². The topological polar surface area (TPSA) is 39.2 Å². The SMILES string of the molecule is CCc1c(F)ccnc1CCOC=O. The molecule has 0 N–H and O–H groups in total. The van der Waals surface area contributed by atoms with Gasteiger partial charge in [-0.15, -0.1) is 0 Å². The zero-order chi connectivity index (χ0) is 10.4. The second-order valence-electron chi connectivity index (χ2n) is 2.79. The first-order valence-electron chi connectivity index (χ1n) is 4.47. The standard InChI is InChI=1S/C10H12FNO2/c1-2-8-9(11)3-5-12-10(8)4-6-14-7-13/h3,5,7H,2,4,6H2,1H3. The van der Waals surface area contributed by atoms with E-state index in [-0.39, 0.29) is 12.4 Å². The van der Waals surface area contributed by atoms with Crippen LogP contribution in [0.2, 0.25) is 0 Å². The van der Waals surface area contributed by atoms with Crippen LogP contribution in [-0.4, -0.2) is 18.1 Å². The van der Waals surface area contributed by atoms with Crippen LogP contribution in [0, 0.1) is 5.82 Å². The van der Waals surface area contributed by atoms with Crippen molar-refractivity contribution in [1.29, 1.82) is 0 Å². The van der Waals surface area contributed by atoms with E-state index < -0.39 is 0 Å². The van der Waals surface area contributed by atoms with Gasteiger partial charge in [-0.3, -0.25) is 9.78 Å². The predicted molar refractivity (Wildman–Crippen MR) is 49.3 cm³/mol. The van der Waals surface area contributed by atoms with Crippen LogP contribution in [0.15, 0.2) is 12.3 Å². The Morgan fingerprint density at radius 3 is 3.07 bits per heavy atom. The zero-order valence-electron chi connectivity index (χ0n) is 8.00. The van der Waals surface area contributed by atoms with Gasteiger partial charge in [0.05, 0.1) is 6.61 Å². The highest BCUT2D eigenvalue weighted by atomic mass is 19.1. The highest BCUT2D eigenvalue weighted by Gasteiger charge is 2.07. The summed E-state index contributed by atoms with van der Waals surface area (Å²) in [4.78, 5) is 13.9. The maximum atomic E-state index is 13.2. The molecule has 0 unspecified atom stereocenters. The average molecular weight is 197 g/mol. The molecule has 0 spiro atoms. The average Bonchev–Trinajstić information content (AvgIpc) is 2.18. The summed E-state index contributed by atoms with van der Waals surface area (Å²) < 4.78 is 17.7. The first-order chi connectivity index (χ1) is 6.79. The molecule has 1 aromatic heterocycles. The van der Waals surface area contributed by atoms with Gasteiger partial charge in [-0.2, -0.15) is 0 Å². The Balaban J connectivity index is 2.74. The molecule has 0 amide bonds. The van der Waals surface area contributed by atoms with Crippen LogP contribution >= 0.6 is 0 Å². The molecule has 1 rings (SSSR count). The van der Waals surface area contributed by atoms with Crippen LogP contribution in [-0.2, 0) is 22.4 Å². The number of hydrogen-bond donors (Lipinski definition) is 0. The lowest BCUT2D eigenvalue weighted by atomic mass is 10.1. The van der Waals surface area contributed by atoms with Crippen molar-refractivity contribution in [3.8, 4) is 0 Å². The number of ether oxygens (including phenoxy) is 1. The largest absolute Gasteiger partial charge is 0.467 e. The highest BCUT2D eigenvalue weighted by molar-refractivity contribution is 5.37. The number of aromatic nitrogens is 1. The first kappa shape index (κ1) is 10.6. The molecule has 76 valence electrons. The Bertz CT molecular complexity index is 315. The van der Waals surface area contributed by atoms with Crippen molar-refractivity contribution in [2.24, 2.45) is 0 Å². The predicted octanol–water partition coefficient (Wildman–Crippen LogP) is 1.50. The molecule has 0 radical (unpaired) electrons. The molecule has 3 nitrogen and oxygen atoms in total. The van der Waals surface area contributed by atoms with E-state index in [0.29, 0.717) is 30.6 Å². The van der Waals surface area contributed by atoms with Crippen LogP contribution in [0.3, 0.4) is 0 Å². The molecule has 14 heavy (non-hydrogen) atoms. The Labute approximate surface area is 81.9 Å². The molecule has 0 aliphatic heterocycles. The number of hydrogen-bond acceptors (Lipinski definition) is 3. The van der Waals surface area contributed by atoms with Crippen LogP contribution in [0.1, 0.15) is 18.2 Å². The van der Waals surface area contributed by atoms with Gasteiger partial charge < -0.3 is 4.74 Å². The fourth-order valence-electron chi connectivity index (χ4n) is 1.30. The molecule has 0 fully saturated rings. The molecule has 1 heterocycles. The number of nitrogens with zero attached hydrogens (tertiary/aromatic N) is 1. The van der Waals surface area contributed by atoms with Gasteiger partial charge in [-0.05, 0) is 12.5 Å². The van der Waals surface area contributed by atoms with Gasteiger partial charge in [0.1, 0.15) is 5.82 Å². The van der Waals surface area contributed by atoms with E-state index in [1.807, 2.05) is 6.92 Å². The molecule has 0 aromatic carbocycles. The lowest BCUT2D eigenvalue weighted by Crippen LogP contribution is -2.04. The van der Waals surface area contributed by atoms with Crippen molar-refractivity contribution < 1.29 is 13.9 Å². The number of pyridine rings is 1. The Kier molecular flexibility index (Phi) is 4.04. The van der Waals surface area contributed by atoms with Crippen molar-refractivity contribution in [2.45, 2.75) is 19.8 Å². The molecule has 4 heteroatoms. The van der Waals surface area contributed by atoms with Crippen LogP contribution in [0.25, 0.3) is 0 Å². The Morgan fingerprint density at radius 2 is 2.43 bits per heavy atom. The van der Waals surface area contributed by atoms with Crippen molar-refractivity contribution in [2.75, 3.05) is 6.61 Å². The summed E-state index contributed by atoms with van der Waals surface area (Å²) in [5, 5.41) is 0. The highest BCUT2D eigenvalue weighted by Crippen LogP contribution is 2.12. The van der Waals surface area contributed by atoms with E-state index in [1.54, 1.807) is 0 Å². The van der Waals surface area contributed by atoms with E-state index in [9.17, 15) is 9.18 Å². The normalized spacial score (nSPS) is 9.86. The van der Waals surface area contributed by atoms with Crippen molar-refractivity contribution in [1.82, 2.24) is 4.98 Å². The number of carbonyl (C=O) groups is 1. The van der Waals surface area contributed by atoms with Gasteiger partial charge >= 0.3 is 0 Å². The fourth-order valence-corrected chi connectivity index (χ4v) is 1.30. The minimum absolute atomic E-state index is 0.243. The zero-order valence-corrected chi connectivity index (χ0v) is 8.00. The molecular weight excluding hydrogens is 185 g/mol. The first-order valence-corrected chi connectivity index (χ1v) is 4.47. The lowest BCUT2D eigenvalue weighted by Gasteiger charge is -2.06. The maximum Gasteiger partial charge on any atom is 0.293 e. The summed E-state index contributed by atoms with van der Waals surface area (Å²) in [6.07, 6.45) is 2.47. The second-order valence-corrected chi connectivity index (χ2v) is 2.79. The minimum Gasteiger partial charge on any atom is -0.467 e. The molecular formula is C10H12FNO2. The molecule has 0 atom stereocenters. The third-order valence-corrected chi connectivity index (χ3v) is 1.97. The molecule has 0 aliphatic rings. The molecule has 0 saturated carbocycles. The van der Waals surface area contributed by atoms with E-state index in [2.05, 4.69) is 9.72 Å². The fraction of sp³-hybridized carbons (Fsp3) is 0.400. The molecule has 0 bridgehead atoms. The smallest absolute Gasteiger partial charge is 0.293 e. The summed E-state index contributed by atoms with van der Waals surface area (Å²) >= 11 is 0. The van der Waals surface area contributed by atoms with E-state index in [1.165, 1.54) is 12.3 Å². The van der Waals surface area contributed by atoms with E-state index in [4.69, 9.17) is 0 Å². The molecule has 0 aliphatic carbocycles. The van der Waals surface area contributed by atoms with E-state index >= 15 is 0 Å². The van der Waals surface area contributed by atoms with E-state index in [0.717, 1.165) is 0 Å². The monoisotopic (exact) mass is 197 g/mol. The summed E-state index contributed by atoms with van der Waals surface area (Å²) in [6, 6.07) is 1.34. The van der Waals surface area contributed by atoms with Crippen LogP contribution in [0.5, 0.6) is 0 Å². The summed E-state index contributed by atoms with van der Waals surface area (Å²) in [7, 11) is 0. The molecule has 1 aromatic rings. The van der Waals surface area contributed by atoms with Gasteiger partial charge in [0.25, 0.3) is 6.47 Å². The number of halogens is 1. The number of carbonyl (C=O) groups excluding carboxylic acids is 1. The quantitative estimate of drug-likeness (QED) is 0.530. The van der Waals surface area contributed by atoms with Gasteiger partial charge in [0.2, 0.25) is 0 Å². The number of rotatable bonds is 5. The van der Waals surface area contributed by atoms with Crippen LogP contribution < -0.4 is 0 Å². The minimum atomic E-state index is -0.247. The Morgan fingerprint density at radius 1 is 1.64 bits per heavy atom. The summed E-state index contributed by atoms with van der Waals surface area (Å²) in [5.74, 6) is -0.247. The van der Waals surface area contributed by atoms with Crippen molar-refractivity contribution in [3.63, 3.8) is 0 Å². The van der Waals surface area contributed by atoms with Crippen LogP contribution in [0.4, 0.5) is 4.39 Å². The molecule has 0 saturated heterocycles. The van der Waals surface area contributed by atoms with Gasteiger partial charge in [0.15, 0.2) is 0 Å².